The third-order valence-electron chi connectivity index (χ3n) is 5.31. The first kappa shape index (κ1) is 21.6. The second-order valence-electron chi connectivity index (χ2n) is 7.52. The van der Waals surface area contributed by atoms with Crippen LogP contribution in [0.3, 0.4) is 0 Å². The second-order valence-corrected chi connectivity index (χ2v) is 7.52. The molecular weight excluding hydrogens is 382 g/mol. The molecule has 7 heteroatoms. The van der Waals surface area contributed by atoms with Crippen LogP contribution in [-0.2, 0) is 9.59 Å². The first-order valence-corrected chi connectivity index (χ1v) is 10.1. The Kier molecular flexibility index (Phi) is 7.30. The molecule has 0 aliphatic carbocycles. The summed E-state index contributed by atoms with van der Waals surface area (Å²) in [5, 5.41) is 5.88. The molecular formula is C23H29N3O4. The van der Waals surface area contributed by atoms with Gasteiger partial charge in [0, 0.05) is 23.4 Å². The predicted molar refractivity (Wildman–Crippen MR) is 117 cm³/mol. The fourth-order valence-corrected chi connectivity index (χ4v) is 3.55. The van der Waals surface area contributed by atoms with Crippen LogP contribution in [0.4, 0.5) is 11.4 Å². The Bertz CT molecular complexity index is 875. The highest BCUT2D eigenvalue weighted by atomic mass is 16.5. The Morgan fingerprint density at radius 2 is 1.57 bits per heavy atom. The standard InChI is InChI=1S/C23H29N3O4/c1-16-4-6-18(7-5-16)24-22(27)15-26-12-10-17(11-13-26)23(28)25-19-8-9-20(29-2)21(14-19)30-3/h4-9,14,17H,10-13,15H2,1-3H3,(H,24,27)(H,25,28). The number of carbonyl (C=O) groups is 2. The molecule has 160 valence electrons. The number of benzene rings is 2. The van der Waals surface area contributed by atoms with E-state index in [4.69, 9.17) is 9.47 Å². The van der Waals surface area contributed by atoms with E-state index in [0.29, 0.717) is 36.8 Å². The zero-order valence-electron chi connectivity index (χ0n) is 17.7. The number of likely N-dealkylation sites (tertiary alicyclic amines) is 1. The zero-order valence-corrected chi connectivity index (χ0v) is 17.7. The number of hydrogen-bond donors (Lipinski definition) is 2. The number of methoxy groups -OCH3 is 2. The summed E-state index contributed by atoms with van der Waals surface area (Å²) in [5.74, 6) is 1.07. The quantitative estimate of drug-likeness (QED) is 0.731. The summed E-state index contributed by atoms with van der Waals surface area (Å²) in [6, 6.07) is 13.1. The van der Waals surface area contributed by atoms with Crippen molar-refractivity contribution in [1.29, 1.82) is 0 Å². The van der Waals surface area contributed by atoms with Crippen molar-refractivity contribution in [2.24, 2.45) is 5.92 Å². The Balaban J connectivity index is 1.46. The van der Waals surface area contributed by atoms with Crippen molar-refractivity contribution >= 4 is 23.2 Å². The Labute approximate surface area is 177 Å². The first-order valence-electron chi connectivity index (χ1n) is 10.1. The topological polar surface area (TPSA) is 79.9 Å². The lowest BCUT2D eigenvalue weighted by molar-refractivity contribution is -0.121. The van der Waals surface area contributed by atoms with E-state index in [9.17, 15) is 9.59 Å². The number of hydrogen-bond acceptors (Lipinski definition) is 5. The third kappa shape index (κ3) is 5.73. The van der Waals surface area contributed by atoms with E-state index in [1.165, 1.54) is 0 Å². The van der Waals surface area contributed by atoms with Crippen molar-refractivity contribution in [2.75, 3.05) is 44.5 Å². The minimum Gasteiger partial charge on any atom is -0.493 e. The maximum Gasteiger partial charge on any atom is 0.238 e. The lowest BCUT2D eigenvalue weighted by atomic mass is 9.95. The summed E-state index contributed by atoms with van der Waals surface area (Å²) in [7, 11) is 3.14. The number of anilines is 2. The van der Waals surface area contributed by atoms with E-state index in [2.05, 4.69) is 15.5 Å². The van der Waals surface area contributed by atoms with Gasteiger partial charge in [-0.25, -0.2) is 0 Å². The predicted octanol–water partition coefficient (Wildman–Crippen LogP) is 3.30. The molecule has 0 radical (unpaired) electrons. The van der Waals surface area contributed by atoms with E-state index >= 15 is 0 Å². The molecule has 0 spiro atoms. The molecule has 1 fully saturated rings. The number of piperidine rings is 1. The Morgan fingerprint density at radius 1 is 0.933 bits per heavy atom. The summed E-state index contributed by atoms with van der Waals surface area (Å²) >= 11 is 0. The van der Waals surface area contributed by atoms with Crippen LogP contribution >= 0.6 is 0 Å². The van der Waals surface area contributed by atoms with Gasteiger partial charge in [-0.1, -0.05) is 17.7 Å². The first-order chi connectivity index (χ1) is 14.5. The number of ether oxygens (including phenoxy) is 2. The molecule has 1 saturated heterocycles. The van der Waals surface area contributed by atoms with Gasteiger partial charge in [-0.15, -0.1) is 0 Å². The van der Waals surface area contributed by atoms with Gasteiger partial charge in [-0.2, -0.15) is 0 Å². The molecule has 1 aliphatic rings. The van der Waals surface area contributed by atoms with Gasteiger partial charge in [0.2, 0.25) is 11.8 Å². The molecule has 2 aromatic carbocycles. The maximum atomic E-state index is 12.6. The lowest BCUT2D eigenvalue weighted by Gasteiger charge is -2.30. The molecule has 30 heavy (non-hydrogen) atoms. The van der Waals surface area contributed by atoms with Crippen molar-refractivity contribution in [3.63, 3.8) is 0 Å². The van der Waals surface area contributed by atoms with Gasteiger partial charge < -0.3 is 20.1 Å². The van der Waals surface area contributed by atoms with Crippen molar-refractivity contribution in [3.8, 4) is 11.5 Å². The summed E-state index contributed by atoms with van der Waals surface area (Å²) in [6.07, 6.45) is 1.44. The van der Waals surface area contributed by atoms with Crippen LogP contribution in [0.5, 0.6) is 11.5 Å². The fourth-order valence-electron chi connectivity index (χ4n) is 3.55. The van der Waals surface area contributed by atoms with Crippen LogP contribution in [0, 0.1) is 12.8 Å². The smallest absolute Gasteiger partial charge is 0.238 e. The van der Waals surface area contributed by atoms with E-state index < -0.39 is 0 Å². The van der Waals surface area contributed by atoms with E-state index in [1.54, 1.807) is 32.4 Å². The summed E-state index contributed by atoms with van der Waals surface area (Å²) in [6.45, 7) is 3.77. The van der Waals surface area contributed by atoms with Crippen LogP contribution in [0.15, 0.2) is 42.5 Å². The Hall–Kier alpha value is -3.06. The van der Waals surface area contributed by atoms with Gasteiger partial charge in [0.1, 0.15) is 0 Å². The van der Waals surface area contributed by atoms with Gasteiger partial charge in [0.15, 0.2) is 11.5 Å². The average Bonchev–Trinajstić information content (AvgIpc) is 2.75. The number of aryl methyl sites for hydroxylation is 1. The number of amides is 2. The van der Waals surface area contributed by atoms with Gasteiger partial charge >= 0.3 is 0 Å². The molecule has 1 aliphatic heterocycles. The summed E-state index contributed by atoms with van der Waals surface area (Å²) in [4.78, 5) is 27.0. The minimum absolute atomic E-state index is 0.00835. The van der Waals surface area contributed by atoms with Crippen molar-refractivity contribution in [2.45, 2.75) is 19.8 Å². The molecule has 1 heterocycles. The molecule has 2 N–H and O–H groups in total. The normalized spacial score (nSPS) is 14.8. The monoisotopic (exact) mass is 411 g/mol. The molecule has 7 nitrogen and oxygen atoms in total. The number of carbonyl (C=O) groups excluding carboxylic acids is 2. The van der Waals surface area contributed by atoms with E-state index in [1.807, 2.05) is 31.2 Å². The second kappa shape index (κ2) is 10.1. The van der Waals surface area contributed by atoms with E-state index in [0.717, 1.165) is 24.1 Å². The average molecular weight is 412 g/mol. The van der Waals surface area contributed by atoms with Crippen LogP contribution in [0.25, 0.3) is 0 Å². The molecule has 3 rings (SSSR count). The van der Waals surface area contributed by atoms with Crippen molar-refractivity contribution in [1.82, 2.24) is 4.90 Å². The van der Waals surface area contributed by atoms with Gasteiger partial charge in [-0.05, 0) is 57.1 Å². The third-order valence-corrected chi connectivity index (χ3v) is 5.31. The van der Waals surface area contributed by atoms with Crippen LogP contribution in [0.1, 0.15) is 18.4 Å². The highest BCUT2D eigenvalue weighted by Gasteiger charge is 2.26. The number of nitrogens with zero attached hydrogens (tertiary/aromatic N) is 1. The largest absolute Gasteiger partial charge is 0.493 e. The zero-order chi connectivity index (χ0) is 21.5. The molecule has 0 saturated carbocycles. The minimum atomic E-state index is -0.0745. The molecule has 0 bridgehead atoms. The molecule has 0 aromatic heterocycles. The Morgan fingerprint density at radius 3 is 2.20 bits per heavy atom. The van der Waals surface area contributed by atoms with Crippen LogP contribution in [0.2, 0.25) is 0 Å². The molecule has 2 amide bonds. The van der Waals surface area contributed by atoms with Crippen LogP contribution in [-0.4, -0.2) is 50.6 Å². The van der Waals surface area contributed by atoms with Gasteiger partial charge in [-0.3, -0.25) is 14.5 Å². The highest BCUT2D eigenvalue weighted by molar-refractivity contribution is 5.93. The molecule has 2 aromatic rings. The molecule has 0 unspecified atom stereocenters. The maximum absolute atomic E-state index is 12.6. The number of nitrogens with one attached hydrogen (secondary N) is 2. The van der Waals surface area contributed by atoms with Gasteiger partial charge in [0.25, 0.3) is 0 Å². The van der Waals surface area contributed by atoms with Crippen molar-refractivity contribution in [3.05, 3.63) is 48.0 Å². The van der Waals surface area contributed by atoms with E-state index in [-0.39, 0.29) is 17.7 Å². The van der Waals surface area contributed by atoms with Gasteiger partial charge in [0.05, 0.1) is 20.8 Å². The fraction of sp³-hybridized carbons (Fsp3) is 0.391. The van der Waals surface area contributed by atoms with Crippen LogP contribution < -0.4 is 20.1 Å². The summed E-state index contributed by atoms with van der Waals surface area (Å²) < 4.78 is 10.5. The number of rotatable bonds is 7. The summed E-state index contributed by atoms with van der Waals surface area (Å²) in [5.41, 5.74) is 2.63. The highest BCUT2D eigenvalue weighted by Crippen LogP contribution is 2.30. The van der Waals surface area contributed by atoms with Crippen molar-refractivity contribution < 1.29 is 19.1 Å². The SMILES string of the molecule is COc1ccc(NC(=O)C2CCN(CC(=O)Nc3ccc(C)cc3)CC2)cc1OC. The lowest BCUT2D eigenvalue weighted by Crippen LogP contribution is -2.41. The molecule has 0 atom stereocenters.